The zero-order chi connectivity index (χ0) is 32.6. The minimum absolute atomic E-state index is 0.000312. The van der Waals surface area contributed by atoms with E-state index in [-0.39, 0.29) is 45.0 Å². The van der Waals surface area contributed by atoms with E-state index in [2.05, 4.69) is 0 Å². The van der Waals surface area contributed by atoms with E-state index in [0.717, 1.165) is 6.07 Å². The quantitative estimate of drug-likeness (QED) is 0.252. The molecule has 0 bridgehead atoms. The number of nitriles is 1. The largest absolute Gasteiger partial charge is 0.495 e. The van der Waals surface area contributed by atoms with Crippen LogP contribution in [0.1, 0.15) is 51.6 Å². The Balaban J connectivity index is 1.62. The van der Waals surface area contributed by atoms with Gasteiger partial charge in [0.05, 0.1) is 54.6 Å². The van der Waals surface area contributed by atoms with Crippen LogP contribution >= 0.6 is 46.6 Å². The summed E-state index contributed by atoms with van der Waals surface area (Å²) in [5, 5.41) is 15.4. The predicted molar refractivity (Wildman–Crippen MR) is 162 cm³/mol. The molecule has 2 aliphatic rings. The number of carbonyl (C=O) groups is 2. The van der Waals surface area contributed by atoms with E-state index >= 15 is 0 Å². The number of cyclic esters (lactones) is 1. The minimum atomic E-state index is -3.99. The number of nitrogens with zero attached hydrogens (tertiary/aromatic N) is 3. The molecule has 2 N–H and O–H groups in total. The van der Waals surface area contributed by atoms with Crippen LogP contribution in [0.15, 0.2) is 44.9 Å². The van der Waals surface area contributed by atoms with Crippen LogP contribution in [-0.2, 0) is 23.3 Å². The zero-order valence-corrected chi connectivity index (χ0v) is 26.4. The molecule has 1 atom stereocenters. The number of anilines is 1. The summed E-state index contributed by atoms with van der Waals surface area (Å²) in [4.78, 5) is 44.6. The molecule has 1 fully saturated rings. The molecule has 16 heteroatoms. The van der Waals surface area contributed by atoms with Crippen molar-refractivity contribution in [1.29, 1.82) is 5.26 Å². The number of H-pyrrole nitrogens is 1. The smallest absolute Gasteiger partial charge is 0.414 e. The van der Waals surface area contributed by atoms with Gasteiger partial charge in [0.1, 0.15) is 17.0 Å². The lowest BCUT2D eigenvalue weighted by Crippen LogP contribution is -2.38. The van der Waals surface area contributed by atoms with E-state index in [1.807, 2.05) is 11.1 Å². The van der Waals surface area contributed by atoms with E-state index in [9.17, 15) is 33.5 Å². The first-order valence-electron chi connectivity index (χ1n) is 13.3. The van der Waals surface area contributed by atoms with Gasteiger partial charge in [-0.25, -0.2) is 4.79 Å². The molecule has 0 aliphatic carbocycles. The molecule has 3 aromatic rings. The highest BCUT2D eigenvalue weighted by molar-refractivity contribution is 7.99. The lowest BCUT2D eigenvalue weighted by atomic mass is 10.0. The van der Waals surface area contributed by atoms with Crippen molar-refractivity contribution < 1.29 is 33.0 Å². The number of ether oxygens (including phenoxy) is 2. The summed E-state index contributed by atoms with van der Waals surface area (Å²) in [6.07, 6.45) is -0.156. The van der Waals surface area contributed by atoms with Crippen molar-refractivity contribution in [2.75, 3.05) is 25.2 Å². The van der Waals surface area contributed by atoms with E-state index in [4.69, 9.17) is 44.3 Å². The number of amides is 2. The summed E-state index contributed by atoms with van der Waals surface area (Å²) >= 11 is 18.7. The Kier molecular flexibility index (Phi) is 9.53. The maximum atomic E-state index is 14.2. The molecule has 2 amide bonds. The second-order valence-electron chi connectivity index (χ2n) is 10.0. The molecule has 2 aliphatic heterocycles. The van der Waals surface area contributed by atoms with Crippen molar-refractivity contribution in [2.24, 2.45) is 0 Å². The van der Waals surface area contributed by atoms with E-state index in [1.54, 1.807) is 12.1 Å². The number of alkyl halides is 3. The predicted octanol–water partition coefficient (Wildman–Crippen LogP) is 6.58. The van der Waals surface area contributed by atoms with Crippen LogP contribution < -0.4 is 15.2 Å². The van der Waals surface area contributed by atoms with Gasteiger partial charge >= 0.3 is 11.5 Å². The first-order valence-corrected chi connectivity index (χ1v) is 15.3. The highest BCUT2D eigenvalue weighted by atomic mass is 35.5. The summed E-state index contributed by atoms with van der Waals surface area (Å²) in [6.45, 7) is 0.102. The standard InChI is InChI=1S/C29H23Cl3F2N4O6S/c1-43-20-10-16-15(9-19(20)37-7-2-8-44-28(37)42)12-38(18(16)5-6-35)27(41)23-21(11-22(29(32,33)34)36-26(23)40)45-25-17(30)4-3-14(13-39)24(25)31/h3-4,9-11,18,39H,2,5,7-8,12-13H2,1H3,(H,36,40). The maximum absolute atomic E-state index is 14.2. The highest BCUT2D eigenvalue weighted by Crippen LogP contribution is 2.46. The first-order chi connectivity index (χ1) is 21.4. The molecule has 1 saturated heterocycles. The molecule has 0 saturated carbocycles. The number of carbonyl (C=O) groups excluding carboxylic acids is 2. The molecule has 3 heterocycles. The number of methoxy groups -OCH3 is 1. The third-order valence-electron chi connectivity index (χ3n) is 7.35. The van der Waals surface area contributed by atoms with Crippen LogP contribution in [0.3, 0.4) is 0 Å². The number of hydrogen-bond acceptors (Lipinski definition) is 8. The van der Waals surface area contributed by atoms with E-state index < -0.39 is 46.8 Å². The number of aromatic nitrogens is 1. The number of hydrogen-bond donors (Lipinski definition) is 2. The summed E-state index contributed by atoms with van der Waals surface area (Å²) in [5.41, 5.74) is -0.848. The molecule has 1 unspecified atom stereocenters. The normalized spacial score (nSPS) is 16.3. The van der Waals surface area contributed by atoms with Crippen LogP contribution in [0.5, 0.6) is 5.75 Å². The molecule has 10 nitrogen and oxygen atoms in total. The molecule has 1 aromatic heterocycles. The number of aliphatic hydroxyl groups excluding tert-OH is 1. The second kappa shape index (κ2) is 13.1. The molecule has 236 valence electrons. The van der Waals surface area contributed by atoms with E-state index in [1.165, 1.54) is 29.0 Å². The maximum Gasteiger partial charge on any atom is 0.414 e. The minimum Gasteiger partial charge on any atom is -0.495 e. The number of halogens is 5. The van der Waals surface area contributed by atoms with Crippen molar-refractivity contribution in [1.82, 2.24) is 9.88 Å². The number of aromatic amines is 1. The summed E-state index contributed by atoms with van der Waals surface area (Å²) < 4.78 is 39.2. The van der Waals surface area contributed by atoms with Gasteiger partial charge in [-0.1, -0.05) is 41.0 Å². The number of pyridine rings is 1. The van der Waals surface area contributed by atoms with Crippen molar-refractivity contribution >= 4 is 64.3 Å². The van der Waals surface area contributed by atoms with Crippen LogP contribution in [0.25, 0.3) is 0 Å². The van der Waals surface area contributed by atoms with Gasteiger partial charge in [0.2, 0.25) is 0 Å². The molecule has 5 rings (SSSR count). The molecule has 0 radical (unpaired) electrons. The summed E-state index contributed by atoms with van der Waals surface area (Å²) in [5.74, 6) is -0.566. The third kappa shape index (κ3) is 6.30. The Bertz CT molecular complexity index is 1800. The Morgan fingerprint density at radius 1 is 1.29 bits per heavy atom. The topological polar surface area (TPSA) is 136 Å². The average molecular weight is 700 g/mol. The fourth-order valence-electron chi connectivity index (χ4n) is 5.21. The van der Waals surface area contributed by atoms with Gasteiger partial charge in [0.15, 0.2) is 0 Å². The number of benzene rings is 2. The first kappa shape index (κ1) is 32.8. The Labute approximate surface area is 274 Å². The fraction of sp³-hybridized carbons (Fsp3) is 0.310. The van der Waals surface area contributed by atoms with Crippen molar-refractivity contribution in [3.8, 4) is 11.8 Å². The van der Waals surface area contributed by atoms with Crippen LogP contribution in [0, 0.1) is 11.3 Å². The van der Waals surface area contributed by atoms with Gasteiger partial charge in [0, 0.05) is 22.9 Å². The van der Waals surface area contributed by atoms with Crippen molar-refractivity contribution in [3.63, 3.8) is 0 Å². The lowest BCUT2D eigenvalue weighted by molar-refractivity contribution is 0.0684. The van der Waals surface area contributed by atoms with Gasteiger partial charge < -0.3 is 24.5 Å². The van der Waals surface area contributed by atoms with Gasteiger partial charge in [-0.2, -0.15) is 14.0 Å². The molecular formula is C29H23Cl3F2N4O6S. The Hall–Kier alpha value is -3.54. The number of rotatable bonds is 8. The number of nitrogens with one attached hydrogen (secondary N) is 1. The van der Waals surface area contributed by atoms with Crippen LogP contribution in [0.4, 0.5) is 19.3 Å². The van der Waals surface area contributed by atoms with Gasteiger partial charge in [-0.15, -0.1) is 0 Å². The summed E-state index contributed by atoms with van der Waals surface area (Å²) in [6, 6.07) is 8.23. The van der Waals surface area contributed by atoms with Gasteiger partial charge in [0.25, 0.3) is 11.5 Å². The fourth-order valence-corrected chi connectivity index (χ4v) is 7.04. The zero-order valence-electron chi connectivity index (χ0n) is 23.3. The highest BCUT2D eigenvalue weighted by Gasteiger charge is 2.39. The third-order valence-corrected chi connectivity index (χ3v) is 9.70. The van der Waals surface area contributed by atoms with Gasteiger partial charge in [-0.3, -0.25) is 14.5 Å². The van der Waals surface area contributed by atoms with Crippen molar-refractivity contribution in [3.05, 3.63) is 78.7 Å². The summed E-state index contributed by atoms with van der Waals surface area (Å²) in [7, 11) is 1.41. The number of aliphatic hydroxyl groups is 1. The van der Waals surface area contributed by atoms with Crippen molar-refractivity contribution in [2.45, 2.75) is 47.2 Å². The molecule has 45 heavy (non-hydrogen) atoms. The van der Waals surface area contributed by atoms with E-state index in [0.29, 0.717) is 47.3 Å². The SMILES string of the molecule is COc1cc2c(cc1N1CCCOC1=O)CN(C(=O)c1c(Sc3c(Cl)ccc(CO)c3Cl)cc(C(F)(F)Cl)[nH]c1=O)C2CC#N. The molecule has 0 spiro atoms. The Morgan fingerprint density at radius 3 is 2.69 bits per heavy atom. The van der Waals surface area contributed by atoms with Gasteiger partial charge in [-0.05, 0) is 59.0 Å². The lowest BCUT2D eigenvalue weighted by Gasteiger charge is -2.28. The van der Waals surface area contributed by atoms with Crippen LogP contribution in [0.2, 0.25) is 10.0 Å². The second-order valence-corrected chi connectivity index (χ2v) is 12.3. The molecular weight excluding hydrogens is 677 g/mol. The van der Waals surface area contributed by atoms with Crippen LogP contribution in [-0.4, -0.2) is 47.3 Å². The monoisotopic (exact) mass is 698 g/mol. The average Bonchev–Trinajstić information content (AvgIpc) is 3.35. The molecule has 2 aromatic carbocycles. The Morgan fingerprint density at radius 2 is 2.04 bits per heavy atom. The number of fused-ring (bicyclic) bond motifs is 1.